The fraction of sp³-hybridized carbons (Fsp3) is 0. The van der Waals surface area contributed by atoms with Crippen LogP contribution in [-0.2, 0) is 24.0 Å². The van der Waals surface area contributed by atoms with E-state index in [0.29, 0.717) is 16.9 Å². The molecule has 0 aromatic heterocycles. The van der Waals surface area contributed by atoms with Crippen molar-refractivity contribution >= 4 is 30.2 Å². The summed E-state index contributed by atoms with van der Waals surface area (Å²) in [5.41, 5.74) is 3.12. The molecule has 0 saturated carbocycles. The van der Waals surface area contributed by atoms with E-state index in [1.54, 1.807) is 48.5 Å². The van der Waals surface area contributed by atoms with E-state index >= 15 is 0 Å². The predicted molar refractivity (Wildman–Crippen MR) is 176 cm³/mol. The van der Waals surface area contributed by atoms with Crippen LogP contribution >= 0.6 is 0 Å². The molecule has 9 heteroatoms. The van der Waals surface area contributed by atoms with Gasteiger partial charge in [0, 0.05) is 41.5 Å². The molecular weight excluding hydrogens is 612 g/mol. The summed E-state index contributed by atoms with van der Waals surface area (Å²) in [6.07, 6.45) is 3.09. The number of hydrogen-bond acceptors (Lipinski definition) is 9. The van der Waals surface area contributed by atoms with E-state index in [2.05, 4.69) is 43.4 Å². The van der Waals surface area contributed by atoms with Gasteiger partial charge in [0.15, 0.2) is 0 Å². The average molecular weight is 637 g/mol. The number of benzene rings is 4. The molecule has 0 amide bonds. The Hall–Kier alpha value is -7.23. The standard InChI is InChI=1S/C39H24O9/c1-4-36(41)45-32-19-11-27(12-20-32)10-16-30-24-35(48-39(44)25-40)31(23-34(30)47-38(43)6-3)15-9-26-7-13-28(14-8-26)29-17-21-33(22-18-29)46-37(42)5-2/h4-8,11-14,17-25H,1-3H2. The monoisotopic (exact) mass is 636 g/mol. The molecular formula is C39H24O9. The van der Waals surface area contributed by atoms with Gasteiger partial charge in [0.1, 0.15) is 23.0 Å². The van der Waals surface area contributed by atoms with Crippen LogP contribution < -0.4 is 18.9 Å². The molecule has 0 atom stereocenters. The maximum Gasteiger partial charge on any atom is 0.376 e. The lowest BCUT2D eigenvalue weighted by atomic mass is 10.0. The van der Waals surface area contributed by atoms with Gasteiger partial charge in [-0.1, -0.05) is 67.7 Å². The summed E-state index contributed by atoms with van der Waals surface area (Å²) in [6.45, 7) is 10.1. The topological polar surface area (TPSA) is 122 Å². The van der Waals surface area contributed by atoms with Crippen LogP contribution in [0.4, 0.5) is 0 Å². The summed E-state index contributed by atoms with van der Waals surface area (Å²) in [4.78, 5) is 58.0. The summed E-state index contributed by atoms with van der Waals surface area (Å²) in [7, 11) is 0. The Morgan fingerprint density at radius 3 is 1.25 bits per heavy atom. The van der Waals surface area contributed by atoms with Gasteiger partial charge in [0.05, 0.1) is 11.1 Å². The van der Waals surface area contributed by atoms with Gasteiger partial charge < -0.3 is 18.9 Å². The third-order valence-electron chi connectivity index (χ3n) is 6.15. The summed E-state index contributed by atoms with van der Waals surface area (Å²) < 4.78 is 20.8. The van der Waals surface area contributed by atoms with Crippen LogP contribution in [0.1, 0.15) is 22.3 Å². The van der Waals surface area contributed by atoms with E-state index in [4.69, 9.17) is 18.9 Å². The zero-order valence-electron chi connectivity index (χ0n) is 25.2. The SMILES string of the molecule is C=CC(=O)Oc1ccc(C#Cc2cc(OC(=O)C=O)c(C#Cc3ccc(-c4ccc(OC(=O)C=C)cc4)cc3)cc2OC(=O)C=C)cc1. The normalized spacial score (nSPS) is 9.58. The van der Waals surface area contributed by atoms with Gasteiger partial charge in [-0.05, 0) is 59.7 Å². The van der Waals surface area contributed by atoms with Crippen molar-refractivity contribution in [1.29, 1.82) is 0 Å². The van der Waals surface area contributed by atoms with Crippen LogP contribution in [0, 0.1) is 23.7 Å². The molecule has 0 unspecified atom stereocenters. The third-order valence-corrected chi connectivity index (χ3v) is 6.15. The quantitative estimate of drug-likeness (QED) is 0.0583. The number of aldehydes is 1. The van der Waals surface area contributed by atoms with Crippen molar-refractivity contribution in [2.24, 2.45) is 0 Å². The van der Waals surface area contributed by atoms with E-state index in [9.17, 15) is 24.0 Å². The smallest absolute Gasteiger partial charge is 0.376 e. The first kappa shape index (κ1) is 33.7. The number of esters is 4. The van der Waals surface area contributed by atoms with Crippen molar-refractivity contribution < 1.29 is 42.9 Å². The molecule has 0 aliphatic heterocycles. The van der Waals surface area contributed by atoms with Crippen LogP contribution in [0.2, 0.25) is 0 Å². The minimum atomic E-state index is -1.17. The summed E-state index contributed by atoms with van der Waals surface area (Å²) in [5.74, 6) is 9.07. The number of carbonyl (C=O) groups excluding carboxylic acids is 5. The van der Waals surface area contributed by atoms with Gasteiger partial charge in [0.2, 0.25) is 6.29 Å². The highest BCUT2D eigenvalue weighted by molar-refractivity contribution is 6.21. The molecule has 0 fully saturated rings. The van der Waals surface area contributed by atoms with Gasteiger partial charge in [-0.25, -0.2) is 19.2 Å². The highest BCUT2D eigenvalue weighted by Gasteiger charge is 2.15. The second-order valence-electron chi connectivity index (χ2n) is 9.39. The molecule has 0 saturated heterocycles. The lowest BCUT2D eigenvalue weighted by Gasteiger charge is -2.10. The van der Waals surface area contributed by atoms with Gasteiger partial charge in [0.25, 0.3) is 0 Å². The molecule has 4 aromatic carbocycles. The number of ether oxygens (including phenoxy) is 4. The first-order valence-corrected chi connectivity index (χ1v) is 13.9. The maximum atomic E-state index is 12.2. The van der Waals surface area contributed by atoms with Gasteiger partial charge in [-0.2, -0.15) is 0 Å². The van der Waals surface area contributed by atoms with Crippen molar-refractivity contribution in [1.82, 2.24) is 0 Å². The Labute approximate surface area is 275 Å². The molecule has 9 nitrogen and oxygen atoms in total. The number of carbonyl (C=O) groups is 5. The fourth-order valence-electron chi connectivity index (χ4n) is 3.87. The van der Waals surface area contributed by atoms with Crippen LogP contribution in [0.5, 0.6) is 23.0 Å². The van der Waals surface area contributed by atoms with Crippen molar-refractivity contribution in [2.45, 2.75) is 0 Å². The lowest BCUT2D eigenvalue weighted by molar-refractivity contribution is -0.141. The molecule has 0 bridgehead atoms. The Bertz CT molecular complexity index is 2050. The van der Waals surface area contributed by atoms with Crippen LogP contribution in [0.3, 0.4) is 0 Å². The molecule has 4 aromatic rings. The van der Waals surface area contributed by atoms with Gasteiger partial charge in [-0.3, -0.25) is 4.79 Å². The third kappa shape index (κ3) is 9.38. The molecule has 0 heterocycles. The highest BCUT2D eigenvalue weighted by atomic mass is 16.5. The fourth-order valence-corrected chi connectivity index (χ4v) is 3.87. The minimum absolute atomic E-state index is 0.00306. The van der Waals surface area contributed by atoms with Crippen molar-refractivity contribution in [2.75, 3.05) is 0 Å². The van der Waals surface area contributed by atoms with Crippen molar-refractivity contribution in [3.05, 3.63) is 145 Å². The number of rotatable bonds is 9. The Morgan fingerprint density at radius 1 is 0.479 bits per heavy atom. The molecule has 0 aliphatic rings. The van der Waals surface area contributed by atoms with Crippen molar-refractivity contribution in [3.8, 4) is 57.8 Å². The lowest BCUT2D eigenvalue weighted by Crippen LogP contribution is -2.11. The summed E-state index contributed by atoms with van der Waals surface area (Å²) >= 11 is 0. The Balaban J connectivity index is 1.66. The first-order valence-electron chi connectivity index (χ1n) is 13.9. The molecule has 48 heavy (non-hydrogen) atoms. The highest BCUT2D eigenvalue weighted by Crippen LogP contribution is 2.29. The molecule has 4 rings (SSSR count). The molecule has 0 aliphatic carbocycles. The Morgan fingerprint density at radius 2 is 0.833 bits per heavy atom. The first-order chi connectivity index (χ1) is 23.2. The molecule has 0 radical (unpaired) electrons. The largest absolute Gasteiger partial charge is 0.423 e. The van der Waals surface area contributed by atoms with Gasteiger partial charge >= 0.3 is 23.9 Å². The summed E-state index contributed by atoms with van der Waals surface area (Å²) in [6, 6.07) is 23.1. The maximum absolute atomic E-state index is 12.2. The van der Waals surface area contributed by atoms with Crippen LogP contribution in [0.15, 0.2) is 123 Å². The van der Waals surface area contributed by atoms with E-state index < -0.39 is 23.9 Å². The second-order valence-corrected chi connectivity index (χ2v) is 9.39. The molecule has 0 spiro atoms. The van der Waals surface area contributed by atoms with Crippen molar-refractivity contribution in [3.63, 3.8) is 0 Å². The van der Waals surface area contributed by atoms with Crippen LogP contribution in [-0.4, -0.2) is 30.2 Å². The Kier molecular flexibility index (Phi) is 11.4. The average Bonchev–Trinajstić information content (AvgIpc) is 3.11. The predicted octanol–water partition coefficient (Wildman–Crippen LogP) is 5.53. The molecule has 234 valence electrons. The zero-order chi connectivity index (χ0) is 34.5. The van der Waals surface area contributed by atoms with E-state index in [-0.39, 0.29) is 34.7 Å². The van der Waals surface area contributed by atoms with E-state index in [1.807, 2.05) is 12.1 Å². The molecule has 0 N–H and O–H groups in total. The second kappa shape index (κ2) is 16.2. The van der Waals surface area contributed by atoms with E-state index in [1.165, 1.54) is 24.3 Å². The summed E-state index contributed by atoms with van der Waals surface area (Å²) in [5, 5.41) is 0. The minimum Gasteiger partial charge on any atom is -0.423 e. The zero-order valence-corrected chi connectivity index (χ0v) is 25.2. The van der Waals surface area contributed by atoms with Gasteiger partial charge in [-0.15, -0.1) is 0 Å². The van der Waals surface area contributed by atoms with Crippen LogP contribution in [0.25, 0.3) is 11.1 Å². The number of hydrogen-bond donors (Lipinski definition) is 0. The van der Waals surface area contributed by atoms with E-state index in [0.717, 1.165) is 29.4 Å².